The summed E-state index contributed by atoms with van der Waals surface area (Å²) in [6.45, 7) is 2.35. The van der Waals surface area contributed by atoms with Crippen LogP contribution < -0.4 is 16.0 Å². The molecule has 0 aliphatic heterocycles. The third kappa shape index (κ3) is 4.80. The van der Waals surface area contributed by atoms with E-state index in [0.717, 1.165) is 16.6 Å². The fraction of sp³-hybridized carbons (Fsp3) is 0.211. The first-order valence-electron chi connectivity index (χ1n) is 8.43. The molecule has 0 radical (unpaired) electrons. The van der Waals surface area contributed by atoms with Crippen molar-refractivity contribution in [1.82, 2.24) is 10.3 Å². The highest BCUT2D eigenvalue weighted by Gasteiger charge is 2.08. The molecule has 0 saturated carbocycles. The molecule has 2 aromatic carbocycles. The van der Waals surface area contributed by atoms with E-state index in [1.807, 2.05) is 42.5 Å². The predicted octanol–water partition coefficient (Wildman–Crippen LogP) is 4.01. The average Bonchev–Trinajstić information content (AvgIpc) is 3.04. The SMILES string of the molecule is CCC(=O)Nc1nc2cc(NC(=O)NCCc3ccccc3)ccc2s1. The molecule has 3 N–H and O–H groups in total. The Morgan fingerprint density at radius 2 is 1.88 bits per heavy atom. The summed E-state index contributed by atoms with van der Waals surface area (Å²) in [6.07, 6.45) is 1.19. The van der Waals surface area contributed by atoms with E-state index in [9.17, 15) is 9.59 Å². The number of aromatic nitrogens is 1. The van der Waals surface area contributed by atoms with Crippen LogP contribution in [0, 0.1) is 0 Å². The van der Waals surface area contributed by atoms with Gasteiger partial charge in [-0.15, -0.1) is 0 Å². The number of fused-ring (bicyclic) bond motifs is 1. The lowest BCUT2D eigenvalue weighted by Crippen LogP contribution is -2.30. The highest BCUT2D eigenvalue weighted by Crippen LogP contribution is 2.28. The van der Waals surface area contributed by atoms with Gasteiger partial charge in [0.2, 0.25) is 5.91 Å². The van der Waals surface area contributed by atoms with E-state index in [0.29, 0.717) is 23.8 Å². The Labute approximate surface area is 155 Å². The molecule has 0 unspecified atom stereocenters. The van der Waals surface area contributed by atoms with Gasteiger partial charge in [0, 0.05) is 18.7 Å². The molecule has 1 aromatic heterocycles. The second kappa shape index (κ2) is 8.44. The largest absolute Gasteiger partial charge is 0.338 e. The van der Waals surface area contributed by atoms with Crippen molar-refractivity contribution < 1.29 is 9.59 Å². The Morgan fingerprint density at radius 3 is 2.65 bits per heavy atom. The first kappa shape index (κ1) is 17.9. The van der Waals surface area contributed by atoms with Gasteiger partial charge in [-0.3, -0.25) is 4.79 Å². The molecule has 0 bridgehead atoms. The number of hydrogen-bond acceptors (Lipinski definition) is 4. The number of nitrogens with one attached hydrogen (secondary N) is 3. The Kier molecular flexibility index (Phi) is 5.80. The lowest BCUT2D eigenvalue weighted by atomic mass is 10.1. The van der Waals surface area contributed by atoms with Crippen LogP contribution in [0.5, 0.6) is 0 Å². The number of carbonyl (C=O) groups excluding carboxylic acids is 2. The lowest BCUT2D eigenvalue weighted by Gasteiger charge is -2.07. The Balaban J connectivity index is 1.56. The molecule has 3 rings (SSSR count). The van der Waals surface area contributed by atoms with E-state index >= 15 is 0 Å². The van der Waals surface area contributed by atoms with Crippen LogP contribution in [0.15, 0.2) is 48.5 Å². The Morgan fingerprint density at radius 1 is 1.08 bits per heavy atom. The van der Waals surface area contributed by atoms with Crippen LogP contribution in [-0.4, -0.2) is 23.5 Å². The number of nitrogens with zero attached hydrogens (tertiary/aromatic N) is 1. The van der Waals surface area contributed by atoms with Crippen molar-refractivity contribution in [3.63, 3.8) is 0 Å². The summed E-state index contributed by atoms with van der Waals surface area (Å²) in [5.74, 6) is -0.0693. The third-order valence-corrected chi connectivity index (χ3v) is 4.71. The molecule has 7 heteroatoms. The highest BCUT2D eigenvalue weighted by molar-refractivity contribution is 7.22. The Hall–Kier alpha value is -2.93. The van der Waals surface area contributed by atoms with E-state index in [4.69, 9.17) is 0 Å². The van der Waals surface area contributed by atoms with Gasteiger partial charge < -0.3 is 16.0 Å². The van der Waals surface area contributed by atoms with Crippen LogP contribution in [0.2, 0.25) is 0 Å². The summed E-state index contributed by atoms with van der Waals surface area (Å²) in [5.41, 5.74) is 2.58. The minimum atomic E-state index is -0.255. The van der Waals surface area contributed by atoms with Gasteiger partial charge in [0.25, 0.3) is 0 Å². The summed E-state index contributed by atoms with van der Waals surface area (Å²) in [5, 5.41) is 8.97. The molecule has 0 aliphatic carbocycles. The van der Waals surface area contributed by atoms with Gasteiger partial charge in [-0.25, -0.2) is 9.78 Å². The molecule has 134 valence electrons. The number of benzene rings is 2. The molecule has 26 heavy (non-hydrogen) atoms. The Bertz CT molecular complexity index is 908. The van der Waals surface area contributed by atoms with Gasteiger partial charge in [-0.1, -0.05) is 48.6 Å². The van der Waals surface area contributed by atoms with Crippen molar-refractivity contribution in [2.24, 2.45) is 0 Å². The summed E-state index contributed by atoms with van der Waals surface area (Å²) in [6, 6.07) is 15.2. The van der Waals surface area contributed by atoms with Gasteiger partial charge in [-0.2, -0.15) is 0 Å². The minimum absolute atomic E-state index is 0.0693. The second-order valence-electron chi connectivity index (χ2n) is 5.72. The van der Waals surface area contributed by atoms with Crippen LogP contribution >= 0.6 is 11.3 Å². The molecule has 0 saturated heterocycles. The number of carbonyl (C=O) groups is 2. The van der Waals surface area contributed by atoms with E-state index in [2.05, 4.69) is 20.9 Å². The molecule has 0 spiro atoms. The standard InChI is InChI=1S/C19H20N4O2S/c1-2-17(24)23-19-22-15-12-14(8-9-16(15)26-19)21-18(25)20-11-10-13-6-4-3-5-7-13/h3-9,12H,2,10-11H2,1H3,(H2,20,21,25)(H,22,23,24). The number of hydrogen-bond donors (Lipinski definition) is 3. The van der Waals surface area contributed by atoms with Crippen LogP contribution in [0.1, 0.15) is 18.9 Å². The normalized spacial score (nSPS) is 10.5. The molecule has 0 aliphatic rings. The van der Waals surface area contributed by atoms with Crippen LogP contribution in [0.4, 0.5) is 15.6 Å². The summed E-state index contributed by atoms with van der Waals surface area (Å²) < 4.78 is 0.950. The van der Waals surface area contributed by atoms with Gasteiger partial charge in [-0.05, 0) is 30.2 Å². The topological polar surface area (TPSA) is 83.1 Å². The summed E-state index contributed by atoms with van der Waals surface area (Å²) in [7, 11) is 0. The summed E-state index contributed by atoms with van der Waals surface area (Å²) in [4.78, 5) is 27.9. The zero-order chi connectivity index (χ0) is 18.4. The van der Waals surface area contributed by atoms with Crippen LogP contribution in [-0.2, 0) is 11.2 Å². The van der Waals surface area contributed by atoms with Crippen molar-refractivity contribution in [3.8, 4) is 0 Å². The van der Waals surface area contributed by atoms with Gasteiger partial charge in [0.15, 0.2) is 5.13 Å². The maximum Gasteiger partial charge on any atom is 0.319 e. The number of anilines is 2. The van der Waals surface area contributed by atoms with Crippen molar-refractivity contribution in [2.45, 2.75) is 19.8 Å². The molecular weight excluding hydrogens is 348 g/mol. The lowest BCUT2D eigenvalue weighted by molar-refractivity contribution is -0.115. The molecular formula is C19H20N4O2S. The number of amides is 3. The highest BCUT2D eigenvalue weighted by atomic mass is 32.1. The fourth-order valence-corrected chi connectivity index (χ4v) is 3.27. The van der Waals surface area contributed by atoms with Crippen LogP contribution in [0.3, 0.4) is 0 Å². The maximum absolute atomic E-state index is 12.0. The molecule has 6 nitrogen and oxygen atoms in total. The zero-order valence-electron chi connectivity index (χ0n) is 14.4. The number of thiazole rings is 1. The number of rotatable bonds is 6. The van der Waals surface area contributed by atoms with Crippen molar-refractivity contribution >= 4 is 44.3 Å². The van der Waals surface area contributed by atoms with Gasteiger partial charge in [0.1, 0.15) is 0 Å². The van der Waals surface area contributed by atoms with Crippen LogP contribution in [0.25, 0.3) is 10.2 Å². The average molecular weight is 368 g/mol. The zero-order valence-corrected chi connectivity index (χ0v) is 15.2. The molecule has 1 heterocycles. The summed E-state index contributed by atoms with van der Waals surface area (Å²) >= 11 is 1.41. The predicted molar refractivity (Wildman–Crippen MR) is 106 cm³/mol. The first-order valence-corrected chi connectivity index (χ1v) is 9.25. The van der Waals surface area contributed by atoms with Gasteiger partial charge in [0.05, 0.1) is 10.2 Å². The van der Waals surface area contributed by atoms with E-state index in [1.54, 1.807) is 13.0 Å². The molecule has 0 fully saturated rings. The molecule has 0 atom stereocenters. The maximum atomic E-state index is 12.0. The smallest absolute Gasteiger partial charge is 0.319 e. The van der Waals surface area contributed by atoms with E-state index in [1.165, 1.54) is 16.9 Å². The minimum Gasteiger partial charge on any atom is -0.338 e. The van der Waals surface area contributed by atoms with E-state index < -0.39 is 0 Å². The fourth-order valence-electron chi connectivity index (χ4n) is 2.41. The molecule has 3 amide bonds. The molecule has 3 aromatic rings. The van der Waals surface area contributed by atoms with E-state index in [-0.39, 0.29) is 11.9 Å². The van der Waals surface area contributed by atoms with Crippen molar-refractivity contribution in [1.29, 1.82) is 0 Å². The number of urea groups is 1. The van der Waals surface area contributed by atoms with Crippen molar-refractivity contribution in [3.05, 3.63) is 54.1 Å². The van der Waals surface area contributed by atoms with Gasteiger partial charge >= 0.3 is 6.03 Å². The quantitative estimate of drug-likeness (QED) is 0.615. The first-order chi connectivity index (χ1) is 12.6. The third-order valence-electron chi connectivity index (χ3n) is 3.75. The second-order valence-corrected chi connectivity index (χ2v) is 6.75. The van der Waals surface area contributed by atoms with Crippen molar-refractivity contribution in [2.75, 3.05) is 17.2 Å². The monoisotopic (exact) mass is 368 g/mol.